The van der Waals surface area contributed by atoms with Crippen molar-refractivity contribution in [2.75, 3.05) is 6.54 Å². The largest absolute Gasteiger partial charge is 0.313 e. The molecule has 0 saturated carbocycles. The van der Waals surface area contributed by atoms with Crippen LogP contribution in [-0.2, 0) is 6.42 Å². The van der Waals surface area contributed by atoms with Gasteiger partial charge in [0.25, 0.3) is 0 Å². The van der Waals surface area contributed by atoms with Gasteiger partial charge in [-0.2, -0.15) is 0 Å². The minimum absolute atomic E-state index is 0.404. The molecule has 0 bridgehead atoms. The second kappa shape index (κ2) is 6.27. The van der Waals surface area contributed by atoms with Gasteiger partial charge < -0.3 is 5.32 Å². The smallest absolute Gasteiger partial charge is 0.0243 e. The van der Waals surface area contributed by atoms with Crippen LogP contribution in [0.15, 0.2) is 24.3 Å². The number of hydrogen-bond acceptors (Lipinski definition) is 1. The molecule has 1 unspecified atom stereocenters. The molecule has 0 amide bonds. The number of terminal acetylenes is 1. The third kappa shape index (κ3) is 3.77. The molecule has 1 aromatic rings. The number of aryl methyl sites for hydroxylation is 1. The van der Waals surface area contributed by atoms with Crippen LogP contribution in [0.2, 0.25) is 0 Å². The Labute approximate surface area is 92.9 Å². The number of hydrogen-bond donors (Lipinski definition) is 1. The van der Waals surface area contributed by atoms with Crippen LogP contribution >= 0.6 is 0 Å². The Balaban J connectivity index is 2.66. The van der Waals surface area contributed by atoms with Crippen molar-refractivity contribution in [2.45, 2.75) is 32.7 Å². The highest BCUT2D eigenvalue weighted by Gasteiger charge is 2.07. The number of nitrogens with one attached hydrogen (secondary N) is 1. The molecule has 0 spiro atoms. The summed E-state index contributed by atoms with van der Waals surface area (Å²) in [5.74, 6) is 2.73. The first kappa shape index (κ1) is 11.8. The van der Waals surface area contributed by atoms with Gasteiger partial charge in [0.2, 0.25) is 0 Å². The van der Waals surface area contributed by atoms with Crippen LogP contribution in [0.5, 0.6) is 0 Å². The van der Waals surface area contributed by atoms with E-state index in [4.69, 9.17) is 6.42 Å². The lowest BCUT2D eigenvalue weighted by Crippen LogP contribution is -2.30. The Kier molecular flexibility index (Phi) is 4.93. The fourth-order valence-corrected chi connectivity index (χ4v) is 1.75. The molecule has 0 fully saturated rings. The van der Waals surface area contributed by atoms with E-state index in [-0.39, 0.29) is 0 Å². The molecule has 0 heterocycles. The number of benzene rings is 1. The van der Waals surface area contributed by atoms with E-state index in [0.29, 0.717) is 6.04 Å². The maximum absolute atomic E-state index is 5.36. The molecule has 0 aromatic heterocycles. The van der Waals surface area contributed by atoms with E-state index < -0.39 is 0 Å². The molecule has 1 atom stereocenters. The Morgan fingerprint density at radius 3 is 2.73 bits per heavy atom. The van der Waals surface area contributed by atoms with Gasteiger partial charge in [-0.3, -0.25) is 0 Å². The SMILES string of the molecule is C#CCC(Cc1ccccc1C)NCC. The van der Waals surface area contributed by atoms with E-state index in [0.717, 1.165) is 19.4 Å². The average Bonchev–Trinajstić information content (AvgIpc) is 2.22. The summed E-state index contributed by atoms with van der Waals surface area (Å²) in [6.07, 6.45) is 7.17. The van der Waals surface area contributed by atoms with Crippen molar-refractivity contribution in [3.05, 3.63) is 35.4 Å². The molecule has 0 radical (unpaired) electrons. The zero-order chi connectivity index (χ0) is 11.1. The second-order valence-corrected chi connectivity index (χ2v) is 3.79. The zero-order valence-corrected chi connectivity index (χ0v) is 9.59. The summed E-state index contributed by atoms with van der Waals surface area (Å²) < 4.78 is 0. The quantitative estimate of drug-likeness (QED) is 0.722. The molecule has 15 heavy (non-hydrogen) atoms. The Bertz CT molecular complexity index is 335. The van der Waals surface area contributed by atoms with Crippen LogP contribution in [0, 0.1) is 19.3 Å². The molecule has 1 nitrogen and oxygen atoms in total. The molecule has 1 heteroatoms. The minimum Gasteiger partial charge on any atom is -0.313 e. The zero-order valence-electron chi connectivity index (χ0n) is 9.59. The van der Waals surface area contributed by atoms with Crippen molar-refractivity contribution < 1.29 is 0 Å². The lowest BCUT2D eigenvalue weighted by Gasteiger charge is -2.16. The number of likely N-dealkylation sites (N-methyl/N-ethyl adjacent to an activating group) is 1. The van der Waals surface area contributed by atoms with E-state index in [1.165, 1.54) is 11.1 Å². The van der Waals surface area contributed by atoms with Crippen LogP contribution in [0.25, 0.3) is 0 Å². The third-order valence-electron chi connectivity index (χ3n) is 2.58. The van der Waals surface area contributed by atoms with Gasteiger partial charge in [0.1, 0.15) is 0 Å². The van der Waals surface area contributed by atoms with Crippen molar-refractivity contribution in [1.82, 2.24) is 5.32 Å². The predicted octanol–water partition coefficient (Wildman–Crippen LogP) is 2.54. The summed E-state index contributed by atoms with van der Waals surface area (Å²) in [4.78, 5) is 0. The molecular weight excluding hydrogens is 182 g/mol. The highest BCUT2D eigenvalue weighted by atomic mass is 14.9. The van der Waals surface area contributed by atoms with Gasteiger partial charge in [-0.05, 0) is 31.0 Å². The molecule has 0 aliphatic heterocycles. The molecule has 0 aliphatic carbocycles. The maximum Gasteiger partial charge on any atom is 0.0243 e. The normalized spacial score (nSPS) is 12.1. The average molecular weight is 201 g/mol. The monoisotopic (exact) mass is 201 g/mol. The van der Waals surface area contributed by atoms with Gasteiger partial charge in [0, 0.05) is 12.5 Å². The lowest BCUT2D eigenvalue weighted by atomic mass is 9.99. The first-order valence-electron chi connectivity index (χ1n) is 5.49. The van der Waals surface area contributed by atoms with Crippen LogP contribution < -0.4 is 5.32 Å². The van der Waals surface area contributed by atoms with Crippen LogP contribution in [0.3, 0.4) is 0 Å². The van der Waals surface area contributed by atoms with Gasteiger partial charge in [-0.15, -0.1) is 12.3 Å². The van der Waals surface area contributed by atoms with Crippen LogP contribution in [0.1, 0.15) is 24.5 Å². The van der Waals surface area contributed by atoms with E-state index in [2.05, 4.69) is 49.4 Å². The fraction of sp³-hybridized carbons (Fsp3) is 0.429. The van der Waals surface area contributed by atoms with Crippen molar-refractivity contribution in [2.24, 2.45) is 0 Å². The lowest BCUT2D eigenvalue weighted by molar-refractivity contribution is 0.534. The summed E-state index contributed by atoms with van der Waals surface area (Å²) in [6.45, 7) is 5.23. The molecule has 1 N–H and O–H groups in total. The van der Waals surface area contributed by atoms with Crippen molar-refractivity contribution in [3.63, 3.8) is 0 Å². The first-order chi connectivity index (χ1) is 7.27. The topological polar surface area (TPSA) is 12.0 Å². The second-order valence-electron chi connectivity index (χ2n) is 3.79. The van der Waals surface area contributed by atoms with E-state index in [9.17, 15) is 0 Å². The van der Waals surface area contributed by atoms with Crippen LogP contribution in [0.4, 0.5) is 0 Å². The Morgan fingerprint density at radius 1 is 1.40 bits per heavy atom. The van der Waals surface area contributed by atoms with E-state index in [1.54, 1.807) is 0 Å². The fourth-order valence-electron chi connectivity index (χ4n) is 1.75. The molecule has 1 aromatic carbocycles. The highest BCUT2D eigenvalue weighted by molar-refractivity contribution is 5.26. The molecule has 80 valence electrons. The molecular formula is C14H19N. The molecule has 0 aliphatic rings. The van der Waals surface area contributed by atoms with Gasteiger partial charge in [-0.25, -0.2) is 0 Å². The van der Waals surface area contributed by atoms with Crippen molar-refractivity contribution in [1.29, 1.82) is 0 Å². The standard InChI is InChI=1S/C14H19N/c1-4-8-14(15-5-2)11-13-10-7-6-9-12(13)3/h1,6-7,9-10,14-15H,5,8,11H2,2-3H3. The molecule has 1 rings (SSSR count). The van der Waals surface area contributed by atoms with E-state index in [1.807, 2.05) is 0 Å². The van der Waals surface area contributed by atoms with Crippen molar-refractivity contribution >= 4 is 0 Å². The van der Waals surface area contributed by atoms with Gasteiger partial charge in [0.15, 0.2) is 0 Å². The highest BCUT2D eigenvalue weighted by Crippen LogP contribution is 2.10. The summed E-state index contributed by atoms with van der Waals surface area (Å²) in [5, 5.41) is 3.42. The first-order valence-corrected chi connectivity index (χ1v) is 5.49. The molecule has 0 saturated heterocycles. The summed E-state index contributed by atoms with van der Waals surface area (Å²) in [6, 6.07) is 8.88. The minimum atomic E-state index is 0.404. The Hall–Kier alpha value is -1.26. The van der Waals surface area contributed by atoms with Crippen LogP contribution in [-0.4, -0.2) is 12.6 Å². The van der Waals surface area contributed by atoms with Gasteiger partial charge in [0.05, 0.1) is 0 Å². The summed E-state index contributed by atoms with van der Waals surface area (Å²) >= 11 is 0. The summed E-state index contributed by atoms with van der Waals surface area (Å²) in [5.41, 5.74) is 2.73. The van der Waals surface area contributed by atoms with Crippen molar-refractivity contribution in [3.8, 4) is 12.3 Å². The number of rotatable bonds is 5. The predicted molar refractivity (Wildman–Crippen MR) is 65.8 cm³/mol. The van der Waals surface area contributed by atoms with Gasteiger partial charge >= 0.3 is 0 Å². The van der Waals surface area contributed by atoms with Gasteiger partial charge in [-0.1, -0.05) is 31.2 Å². The van der Waals surface area contributed by atoms with E-state index >= 15 is 0 Å². The third-order valence-corrected chi connectivity index (χ3v) is 2.58. The maximum atomic E-state index is 5.36. The Morgan fingerprint density at radius 2 is 2.13 bits per heavy atom. The summed E-state index contributed by atoms with van der Waals surface area (Å²) in [7, 11) is 0.